The molecule has 0 bridgehead atoms. The third kappa shape index (κ3) is 3.01. The quantitative estimate of drug-likeness (QED) is 0.855. The Labute approximate surface area is 117 Å². The SMILES string of the molecule is CCCC(CN)C(C)(O)c1ccc2c(c1)CCCC2. The van der Waals surface area contributed by atoms with Crippen LogP contribution in [0.3, 0.4) is 0 Å². The Kier molecular flexibility index (Phi) is 4.64. The van der Waals surface area contributed by atoms with Gasteiger partial charge in [-0.25, -0.2) is 0 Å². The van der Waals surface area contributed by atoms with Crippen LogP contribution in [-0.4, -0.2) is 11.7 Å². The molecule has 2 heteroatoms. The largest absolute Gasteiger partial charge is 0.385 e. The molecule has 3 N–H and O–H groups in total. The van der Waals surface area contributed by atoms with Gasteiger partial charge >= 0.3 is 0 Å². The summed E-state index contributed by atoms with van der Waals surface area (Å²) < 4.78 is 0. The molecule has 0 spiro atoms. The average molecular weight is 261 g/mol. The van der Waals surface area contributed by atoms with Gasteiger partial charge in [-0.15, -0.1) is 0 Å². The molecular weight excluding hydrogens is 234 g/mol. The van der Waals surface area contributed by atoms with Crippen LogP contribution in [0.5, 0.6) is 0 Å². The van der Waals surface area contributed by atoms with E-state index in [9.17, 15) is 5.11 Å². The normalized spacial score (nSPS) is 19.6. The van der Waals surface area contributed by atoms with Crippen molar-refractivity contribution in [1.82, 2.24) is 0 Å². The maximum absolute atomic E-state index is 10.9. The van der Waals surface area contributed by atoms with Gasteiger partial charge in [0.15, 0.2) is 0 Å². The predicted octanol–water partition coefficient (Wildman–Crippen LogP) is 3.15. The van der Waals surface area contributed by atoms with Crippen molar-refractivity contribution in [3.63, 3.8) is 0 Å². The monoisotopic (exact) mass is 261 g/mol. The van der Waals surface area contributed by atoms with Crippen LogP contribution in [0.4, 0.5) is 0 Å². The van der Waals surface area contributed by atoms with Gasteiger partial charge in [-0.2, -0.15) is 0 Å². The fourth-order valence-electron chi connectivity index (χ4n) is 3.26. The van der Waals surface area contributed by atoms with Gasteiger partial charge in [0.2, 0.25) is 0 Å². The van der Waals surface area contributed by atoms with Crippen molar-refractivity contribution in [1.29, 1.82) is 0 Å². The number of aliphatic hydroxyl groups is 1. The lowest BCUT2D eigenvalue weighted by Gasteiger charge is -2.33. The zero-order valence-corrected chi connectivity index (χ0v) is 12.3. The van der Waals surface area contributed by atoms with Crippen LogP contribution in [0.2, 0.25) is 0 Å². The number of fused-ring (bicyclic) bond motifs is 1. The maximum Gasteiger partial charge on any atom is 0.0908 e. The number of aryl methyl sites for hydroxylation is 2. The van der Waals surface area contributed by atoms with Gasteiger partial charge in [0.05, 0.1) is 5.60 Å². The summed E-state index contributed by atoms with van der Waals surface area (Å²) in [6.07, 6.45) is 6.94. The van der Waals surface area contributed by atoms with Crippen LogP contribution >= 0.6 is 0 Å². The van der Waals surface area contributed by atoms with Crippen LogP contribution in [-0.2, 0) is 18.4 Å². The zero-order chi connectivity index (χ0) is 13.9. The minimum absolute atomic E-state index is 0.138. The van der Waals surface area contributed by atoms with E-state index >= 15 is 0 Å². The minimum atomic E-state index is -0.808. The first kappa shape index (κ1) is 14.5. The predicted molar refractivity (Wildman–Crippen MR) is 80.1 cm³/mol. The molecule has 0 saturated carbocycles. The molecule has 1 aromatic carbocycles. The van der Waals surface area contributed by atoms with Crippen LogP contribution in [0.1, 0.15) is 56.2 Å². The van der Waals surface area contributed by atoms with Crippen LogP contribution in [0.15, 0.2) is 18.2 Å². The van der Waals surface area contributed by atoms with Crippen molar-refractivity contribution in [2.45, 2.75) is 58.0 Å². The standard InChI is InChI=1S/C17H27NO/c1-3-6-16(12-18)17(2,19)15-10-9-13-7-4-5-8-14(13)11-15/h9-11,16,19H,3-8,12,18H2,1-2H3. The summed E-state index contributed by atoms with van der Waals surface area (Å²) in [5, 5.41) is 10.9. The van der Waals surface area contributed by atoms with Gasteiger partial charge in [0.1, 0.15) is 0 Å². The molecule has 1 aliphatic carbocycles. The molecule has 0 radical (unpaired) electrons. The van der Waals surface area contributed by atoms with Crippen LogP contribution < -0.4 is 5.73 Å². The van der Waals surface area contributed by atoms with Gasteiger partial charge in [-0.05, 0) is 62.3 Å². The van der Waals surface area contributed by atoms with Crippen molar-refractivity contribution in [3.8, 4) is 0 Å². The third-order valence-corrected chi connectivity index (χ3v) is 4.65. The number of benzene rings is 1. The fourth-order valence-corrected chi connectivity index (χ4v) is 3.26. The van der Waals surface area contributed by atoms with E-state index in [1.807, 2.05) is 6.92 Å². The van der Waals surface area contributed by atoms with E-state index in [1.54, 1.807) is 0 Å². The molecule has 2 rings (SSSR count). The molecular formula is C17H27NO. The lowest BCUT2D eigenvalue weighted by Crippen LogP contribution is -2.37. The molecule has 1 aliphatic rings. The highest BCUT2D eigenvalue weighted by Gasteiger charge is 2.32. The summed E-state index contributed by atoms with van der Waals surface area (Å²) >= 11 is 0. The number of rotatable bonds is 5. The van der Waals surface area contributed by atoms with Crippen molar-refractivity contribution < 1.29 is 5.11 Å². The lowest BCUT2D eigenvalue weighted by molar-refractivity contribution is -0.00636. The number of hydrogen-bond acceptors (Lipinski definition) is 2. The summed E-state index contributed by atoms with van der Waals surface area (Å²) in [6.45, 7) is 4.61. The maximum atomic E-state index is 10.9. The Balaban J connectivity index is 2.28. The average Bonchev–Trinajstić information content (AvgIpc) is 2.44. The molecule has 0 saturated heterocycles. The Morgan fingerprint density at radius 1 is 1.26 bits per heavy atom. The van der Waals surface area contributed by atoms with E-state index in [4.69, 9.17) is 5.73 Å². The zero-order valence-electron chi connectivity index (χ0n) is 12.3. The van der Waals surface area contributed by atoms with E-state index < -0.39 is 5.60 Å². The van der Waals surface area contributed by atoms with Gasteiger partial charge in [-0.1, -0.05) is 31.5 Å². The molecule has 0 aromatic heterocycles. The van der Waals surface area contributed by atoms with Crippen molar-refractivity contribution >= 4 is 0 Å². The third-order valence-electron chi connectivity index (χ3n) is 4.65. The first-order valence-corrected chi connectivity index (χ1v) is 7.64. The minimum Gasteiger partial charge on any atom is -0.385 e. The highest BCUT2D eigenvalue weighted by Crippen LogP contribution is 2.34. The summed E-state index contributed by atoms with van der Waals surface area (Å²) in [6, 6.07) is 6.52. The van der Waals surface area contributed by atoms with Crippen molar-refractivity contribution in [2.75, 3.05) is 6.54 Å². The molecule has 106 valence electrons. The first-order valence-electron chi connectivity index (χ1n) is 7.64. The molecule has 0 aliphatic heterocycles. The molecule has 2 nitrogen and oxygen atoms in total. The molecule has 19 heavy (non-hydrogen) atoms. The highest BCUT2D eigenvalue weighted by atomic mass is 16.3. The second-order valence-electron chi connectivity index (χ2n) is 6.06. The molecule has 2 atom stereocenters. The van der Waals surface area contributed by atoms with E-state index in [-0.39, 0.29) is 5.92 Å². The molecule has 0 fully saturated rings. The first-order chi connectivity index (χ1) is 9.09. The smallest absolute Gasteiger partial charge is 0.0908 e. The molecule has 2 unspecified atom stereocenters. The Bertz CT molecular complexity index is 425. The van der Waals surface area contributed by atoms with Crippen molar-refractivity contribution in [2.24, 2.45) is 11.7 Å². The van der Waals surface area contributed by atoms with E-state index in [2.05, 4.69) is 25.1 Å². The van der Waals surface area contributed by atoms with E-state index in [1.165, 1.54) is 30.4 Å². The Morgan fingerprint density at radius 3 is 2.58 bits per heavy atom. The summed E-state index contributed by atoms with van der Waals surface area (Å²) in [4.78, 5) is 0. The molecule has 0 amide bonds. The number of hydrogen-bond donors (Lipinski definition) is 2. The van der Waals surface area contributed by atoms with E-state index in [0.717, 1.165) is 24.8 Å². The molecule has 0 heterocycles. The Morgan fingerprint density at radius 2 is 1.95 bits per heavy atom. The van der Waals surface area contributed by atoms with Crippen LogP contribution in [0.25, 0.3) is 0 Å². The summed E-state index contributed by atoms with van der Waals surface area (Å²) in [5.74, 6) is 0.138. The topological polar surface area (TPSA) is 46.2 Å². The highest BCUT2D eigenvalue weighted by molar-refractivity contribution is 5.36. The van der Waals surface area contributed by atoms with Crippen molar-refractivity contribution in [3.05, 3.63) is 34.9 Å². The molecule has 1 aromatic rings. The summed E-state index contributed by atoms with van der Waals surface area (Å²) in [7, 11) is 0. The fraction of sp³-hybridized carbons (Fsp3) is 0.647. The van der Waals surface area contributed by atoms with E-state index in [0.29, 0.717) is 6.54 Å². The van der Waals surface area contributed by atoms with Gasteiger partial charge < -0.3 is 10.8 Å². The summed E-state index contributed by atoms with van der Waals surface area (Å²) in [5.41, 5.74) is 8.98. The van der Waals surface area contributed by atoms with Gasteiger partial charge in [-0.3, -0.25) is 0 Å². The number of nitrogens with two attached hydrogens (primary N) is 1. The Hall–Kier alpha value is -0.860. The van der Waals surface area contributed by atoms with Crippen LogP contribution in [0, 0.1) is 5.92 Å². The second kappa shape index (κ2) is 6.06. The lowest BCUT2D eigenvalue weighted by atomic mass is 9.78. The van der Waals surface area contributed by atoms with Gasteiger partial charge in [0, 0.05) is 5.92 Å². The second-order valence-corrected chi connectivity index (χ2v) is 6.06. The van der Waals surface area contributed by atoms with Gasteiger partial charge in [0.25, 0.3) is 0 Å².